The average Bonchev–Trinajstić information content (AvgIpc) is 3.12. The van der Waals surface area contributed by atoms with Crippen LogP contribution in [-0.2, 0) is 9.59 Å². The van der Waals surface area contributed by atoms with Gasteiger partial charge in [0.05, 0.1) is 5.41 Å². The lowest BCUT2D eigenvalue weighted by molar-refractivity contribution is -0.146. The molecule has 5 heteroatoms. The number of hydrogen-bond acceptors (Lipinski definition) is 3. The Kier molecular flexibility index (Phi) is 4.03. The van der Waals surface area contributed by atoms with Gasteiger partial charge in [-0.3, -0.25) is 14.5 Å². The molecule has 2 aliphatic carbocycles. The van der Waals surface area contributed by atoms with Gasteiger partial charge in [-0.05, 0) is 56.9 Å². The number of piperidine rings is 1. The van der Waals surface area contributed by atoms with Crippen LogP contribution >= 0.6 is 0 Å². The van der Waals surface area contributed by atoms with Gasteiger partial charge >= 0.3 is 0 Å². The number of carbonyl (C=O) groups is 2. The molecule has 1 N–H and O–H groups in total. The average molecular weight is 360 g/mol. The largest absolute Gasteiger partial charge is 0.354 e. The zero-order chi connectivity index (χ0) is 18.7. The summed E-state index contributed by atoms with van der Waals surface area (Å²) in [6.45, 7) is 11.9. The van der Waals surface area contributed by atoms with Crippen molar-refractivity contribution in [2.24, 2.45) is 16.7 Å². The Labute approximate surface area is 157 Å². The first-order valence-electron chi connectivity index (χ1n) is 10.2. The van der Waals surface area contributed by atoms with E-state index < -0.39 is 5.54 Å². The highest BCUT2D eigenvalue weighted by Crippen LogP contribution is 2.66. The van der Waals surface area contributed by atoms with Crippen molar-refractivity contribution in [3.63, 3.8) is 0 Å². The van der Waals surface area contributed by atoms with Gasteiger partial charge in [0.2, 0.25) is 11.8 Å². The molecule has 144 valence electrons. The number of hydrogen-bond donors (Lipinski definition) is 1. The molecule has 2 saturated carbocycles. The van der Waals surface area contributed by atoms with Gasteiger partial charge in [-0.1, -0.05) is 26.0 Å². The summed E-state index contributed by atoms with van der Waals surface area (Å²) < 4.78 is 0. The van der Waals surface area contributed by atoms with Crippen LogP contribution in [0.2, 0.25) is 0 Å². The fraction of sp³-hybridized carbons (Fsp3) is 0.810. The number of fused-ring (bicyclic) bond motifs is 2. The number of nitrogens with one attached hydrogen (secondary N) is 1. The van der Waals surface area contributed by atoms with Crippen molar-refractivity contribution in [3.8, 4) is 0 Å². The SMILES string of the molecule is C=C1C(C)(C)[C@H]2CC[C@]1(C(=O)N1CCC3(CC1)C(=O)NCCCN3C)C2. The fourth-order valence-electron chi connectivity index (χ4n) is 6.18. The Morgan fingerprint density at radius 2 is 1.88 bits per heavy atom. The van der Waals surface area contributed by atoms with Crippen molar-refractivity contribution in [1.82, 2.24) is 15.1 Å². The molecule has 0 aromatic heterocycles. The summed E-state index contributed by atoms with van der Waals surface area (Å²) in [4.78, 5) is 30.5. The van der Waals surface area contributed by atoms with E-state index in [9.17, 15) is 9.59 Å². The molecule has 0 unspecified atom stereocenters. The maximum atomic E-state index is 13.5. The molecule has 0 radical (unpaired) electrons. The minimum Gasteiger partial charge on any atom is -0.354 e. The second-order valence-corrected chi connectivity index (χ2v) is 9.58. The smallest absolute Gasteiger partial charge is 0.240 e. The third-order valence-electron chi connectivity index (χ3n) is 8.29. The summed E-state index contributed by atoms with van der Waals surface area (Å²) >= 11 is 0. The Morgan fingerprint density at radius 3 is 2.50 bits per heavy atom. The molecule has 1 spiro atoms. The Bertz CT molecular complexity index is 648. The standard InChI is InChI=1S/C21H33N3O2/c1-15-19(2,3)16-6-7-20(15,14-16)18(26)24-12-8-21(9-13-24)17(25)22-10-5-11-23(21)4/h16H,1,5-14H2,2-4H3,(H,22,25)/t16-,20-/m0/s1. The van der Waals surface area contributed by atoms with Crippen LogP contribution in [-0.4, -0.2) is 60.4 Å². The summed E-state index contributed by atoms with van der Waals surface area (Å²) in [7, 11) is 2.06. The number of carbonyl (C=O) groups excluding carboxylic acids is 2. The summed E-state index contributed by atoms with van der Waals surface area (Å²) in [5.74, 6) is 1.02. The number of rotatable bonds is 1. The van der Waals surface area contributed by atoms with Crippen molar-refractivity contribution in [2.45, 2.75) is 57.9 Å². The lowest BCUT2D eigenvalue weighted by atomic mass is 9.67. The molecule has 2 heterocycles. The first-order valence-corrected chi connectivity index (χ1v) is 10.2. The highest BCUT2D eigenvalue weighted by molar-refractivity contribution is 5.89. The van der Waals surface area contributed by atoms with Crippen molar-refractivity contribution in [3.05, 3.63) is 12.2 Å². The quantitative estimate of drug-likeness (QED) is 0.730. The third-order valence-corrected chi connectivity index (χ3v) is 8.29. The van der Waals surface area contributed by atoms with E-state index in [1.165, 1.54) is 0 Å². The van der Waals surface area contributed by atoms with Gasteiger partial charge in [0, 0.05) is 26.2 Å². The van der Waals surface area contributed by atoms with Gasteiger partial charge in [0.25, 0.3) is 0 Å². The molecule has 2 aliphatic heterocycles. The summed E-state index contributed by atoms with van der Waals surface area (Å²) in [6, 6.07) is 0. The number of likely N-dealkylation sites (N-methyl/N-ethyl adjacent to an activating group) is 1. The zero-order valence-electron chi connectivity index (χ0n) is 16.6. The van der Waals surface area contributed by atoms with Crippen molar-refractivity contribution in [2.75, 3.05) is 33.2 Å². The van der Waals surface area contributed by atoms with Gasteiger partial charge in [-0.15, -0.1) is 0 Å². The highest BCUT2D eigenvalue weighted by Gasteiger charge is 2.62. The second-order valence-electron chi connectivity index (χ2n) is 9.58. The Morgan fingerprint density at radius 1 is 1.19 bits per heavy atom. The minimum absolute atomic E-state index is 0.0757. The first-order chi connectivity index (χ1) is 12.2. The van der Waals surface area contributed by atoms with Gasteiger partial charge in [0.1, 0.15) is 5.54 Å². The Hall–Kier alpha value is -1.36. The van der Waals surface area contributed by atoms with E-state index in [4.69, 9.17) is 0 Å². The van der Waals surface area contributed by atoms with E-state index in [0.29, 0.717) is 19.0 Å². The summed E-state index contributed by atoms with van der Waals surface area (Å²) in [5.41, 5.74) is 0.452. The number of nitrogens with zero attached hydrogens (tertiary/aromatic N) is 2. The molecule has 2 atom stereocenters. The molecular formula is C21H33N3O2. The Balaban J connectivity index is 1.51. The van der Waals surface area contributed by atoms with Crippen LogP contribution in [0.3, 0.4) is 0 Å². The van der Waals surface area contributed by atoms with Crippen molar-refractivity contribution >= 4 is 11.8 Å². The van der Waals surface area contributed by atoms with E-state index >= 15 is 0 Å². The van der Waals surface area contributed by atoms with Crippen LogP contribution < -0.4 is 5.32 Å². The van der Waals surface area contributed by atoms with Gasteiger partial charge in [-0.2, -0.15) is 0 Å². The van der Waals surface area contributed by atoms with E-state index in [-0.39, 0.29) is 22.6 Å². The van der Waals surface area contributed by atoms with Crippen molar-refractivity contribution < 1.29 is 9.59 Å². The molecule has 0 aromatic carbocycles. The van der Waals surface area contributed by atoms with Crippen LogP contribution in [0.4, 0.5) is 0 Å². The highest BCUT2D eigenvalue weighted by atomic mass is 16.2. The predicted molar refractivity (Wildman–Crippen MR) is 101 cm³/mol. The summed E-state index contributed by atoms with van der Waals surface area (Å²) in [6.07, 6.45) is 5.53. The van der Waals surface area contributed by atoms with Crippen LogP contribution in [0.1, 0.15) is 52.4 Å². The molecule has 4 aliphatic rings. The molecule has 26 heavy (non-hydrogen) atoms. The fourth-order valence-corrected chi connectivity index (χ4v) is 6.18. The van der Waals surface area contributed by atoms with Crippen LogP contribution in [0.25, 0.3) is 0 Å². The lowest BCUT2D eigenvalue weighted by Crippen LogP contribution is -2.62. The summed E-state index contributed by atoms with van der Waals surface area (Å²) in [5, 5.41) is 3.08. The maximum Gasteiger partial charge on any atom is 0.240 e. The molecular weight excluding hydrogens is 326 g/mol. The molecule has 0 aromatic rings. The molecule has 4 rings (SSSR count). The lowest BCUT2D eigenvalue weighted by Gasteiger charge is -2.47. The molecule has 2 saturated heterocycles. The van der Waals surface area contributed by atoms with E-state index in [2.05, 4.69) is 37.7 Å². The van der Waals surface area contributed by atoms with Crippen LogP contribution in [0.15, 0.2) is 12.2 Å². The van der Waals surface area contributed by atoms with Crippen LogP contribution in [0.5, 0.6) is 0 Å². The van der Waals surface area contributed by atoms with Gasteiger partial charge in [-0.25, -0.2) is 0 Å². The van der Waals surface area contributed by atoms with Gasteiger partial charge in [0.15, 0.2) is 0 Å². The van der Waals surface area contributed by atoms with Crippen molar-refractivity contribution in [1.29, 1.82) is 0 Å². The molecule has 4 fully saturated rings. The number of amides is 2. The molecule has 2 amide bonds. The molecule has 2 bridgehead atoms. The zero-order valence-corrected chi connectivity index (χ0v) is 16.6. The molecule has 5 nitrogen and oxygen atoms in total. The van der Waals surface area contributed by atoms with E-state index in [0.717, 1.165) is 57.2 Å². The topological polar surface area (TPSA) is 52.7 Å². The van der Waals surface area contributed by atoms with Crippen LogP contribution in [0, 0.1) is 16.7 Å². The second kappa shape index (κ2) is 5.82. The van der Waals surface area contributed by atoms with Gasteiger partial charge < -0.3 is 10.2 Å². The van der Waals surface area contributed by atoms with E-state index in [1.807, 2.05) is 4.90 Å². The maximum absolute atomic E-state index is 13.5. The first kappa shape index (κ1) is 18.0. The number of likely N-dealkylation sites (tertiary alicyclic amines) is 1. The monoisotopic (exact) mass is 359 g/mol. The van der Waals surface area contributed by atoms with E-state index in [1.54, 1.807) is 0 Å². The predicted octanol–water partition coefficient (Wildman–Crippen LogP) is 2.18. The minimum atomic E-state index is -0.435. The normalized spacial score (nSPS) is 36.3. The third kappa shape index (κ3) is 2.25.